The van der Waals surface area contributed by atoms with Gasteiger partial charge in [-0.25, -0.2) is 4.68 Å². The van der Waals surface area contributed by atoms with E-state index in [0.29, 0.717) is 27.7 Å². The van der Waals surface area contributed by atoms with Crippen LogP contribution >= 0.6 is 11.6 Å². The Balaban J connectivity index is 1.55. The quantitative estimate of drug-likeness (QED) is 0.601. The minimum Gasteiger partial charge on any atom is -0.497 e. The standard InChI is InChI=1S/C21H20ClN3O4/c1-14-18(20(22)25(24-14)16-6-4-3-5-7-16)13-29-19(26)12-23-21(27)15-8-10-17(28-2)11-9-15/h3-11H,12-13H2,1-2H3,(H,23,27). The number of para-hydroxylation sites is 1. The molecule has 0 saturated carbocycles. The van der Waals surface area contributed by atoms with Gasteiger partial charge in [0.15, 0.2) is 0 Å². The van der Waals surface area contributed by atoms with Crippen LogP contribution in [0, 0.1) is 6.92 Å². The Bertz CT molecular complexity index is 1000. The molecule has 0 saturated heterocycles. The van der Waals surface area contributed by atoms with E-state index < -0.39 is 5.97 Å². The van der Waals surface area contributed by atoms with Gasteiger partial charge in [-0.3, -0.25) is 9.59 Å². The van der Waals surface area contributed by atoms with Crippen molar-refractivity contribution in [3.63, 3.8) is 0 Å². The third kappa shape index (κ3) is 4.94. The van der Waals surface area contributed by atoms with E-state index in [2.05, 4.69) is 10.4 Å². The number of esters is 1. The van der Waals surface area contributed by atoms with E-state index >= 15 is 0 Å². The number of ether oxygens (including phenoxy) is 2. The van der Waals surface area contributed by atoms with Crippen LogP contribution in [0.25, 0.3) is 5.69 Å². The SMILES string of the molecule is COc1ccc(C(=O)NCC(=O)OCc2c(C)nn(-c3ccccc3)c2Cl)cc1. The van der Waals surface area contributed by atoms with Crippen LogP contribution in [0.3, 0.4) is 0 Å². The van der Waals surface area contributed by atoms with Gasteiger partial charge in [0.25, 0.3) is 5.91 Å². The number of nitrogens with one attached hydrogen (secondary N) is 1. The van der Waals surface area contributed by atoms with Gasteiger partial charge in [0.2, 0.25) is 0 Å². The van der Waals surface area contributed by atoms with E-state index in [1.807, 2.05) is 30.3 Å². The number of carbonyl (C=O) groups excluding carboxylic acids is 2. The van der Waals surface area contributed by atoms with Gasteiger partial charge < -0.3 is 14.8 Å². The highest BCUT2D eigenvalue weighted by Gasteiger charge is 2.17. The molecule has 0 bridgehead atoms. The molecule has 0 aliphatic rings. The Labute approximate surface area is 173 Å². The lowest BCUT2D eigenvalue weighted by Gasteiger charge is -2.07. The number of rotatable bonds is 7. The number of amides is 1. The number of aryl methyl sites for hydroxylation is 1. The van der Waals surface area contributed by atoms with Crippen molar-refractivity contribution in [3.05, 3.63) is 76.6 Å². The Morgan fingerprint density at radius 2 is 1.79 bits per heavy atom. The maximum Gasteiger partial charge on any atom is 0.325 e. The molecule has 1 amide bonds. The van der Waals surface area contributed by atoms with E-state index in [4.69, 9.17) is 21.1 Å². The second-order valence-corrected chi connectivity index (χ2v) is 6.53. The molecule has 0 fully saturated rings. The van der Waals surface area contributed by atoms with E-state index in [-0.39, 0.29) is 19.1 Å². The smallest absolute Gasteiger partial charge is 0.325 e. The summed E-state index contributed by atoms with van der Waals surface area (Å²) in [5, 5.41) is 7.30. The minimum atomic E-state index is -0.574. The molecule has 0 atom stereocenters. The molecule has 0 radical (unpaired) electrons. The van der Waals surface area contributed by atoms with E-state index in [1.165, 1.54) is 0 Å². The molecule has 8 heteroatoms. The van der Waals surface area contributed by atoms with Crippen LogP contribution in [0.1, 0.15) is 21.6 Å². The summed E-state index contributed by atoms with van der Waals surface area (Å²) in [4.78, 5) is 24.1. The van der Waals surface area contributed by atoms with Crippen LogP contribution in [0.2, 0.25) is 5.15 Å². The maximum absolute atomic E-state index is 12.1. The predicted octanol–water partition coefficient (Wildman–Crippen LogP) is 3.32. The highest BCUT2D eigenvalue weighted by molar-refractivity contribution is 6.30. The summed E-state index contributed by atoms with van der Waals surface area (Å²) in [6.45, 7) is 1.50. The molecule has 0 aliphatic carbocycles. The number of halogens is 1. The van der Waals surface area contributed by atoms with Crippen molar-refractivity contribution in [2.45, 2.75) is 13.5 Å². The fraction of sp³-hybridized carbons (Fsp3) is 0.190. The first-order chi connectivity index (χ1) is 14.0. The highest BCUT2D eigenvalue weighted by atomic mass is 35.5. The number of hydrogen-bond donors (Lipinski definition) is 1. The van der Waals surface area contributed by atoms with Crippen LogP contribution in [0.4, 0.5) is 0 Å². The summed E-state index contributed by atoms with van der Waals surface area (Å²) >= 11 is 6.41. The first kappa shape index (κ1) is 20.4. The average Bonchev–Trinajstić information content (AvgIpc) is 3.04. The van der Waals surface area contributed by atoms with Gasteiger partial charge in [0.05, 0.1) is 18.5 Å². The van der Waals surface area contributed by atoms with Crippen molar-refractivity contribution in [3.8, 4) is 11.4 Å². The summed E-state index contributed by atoms with van der Waals surface area (Å²) < 4.78 is 11.9. The molecule has 150 valence electrons. The number of methoxy groups -OCH3 is 1. The van der Waals surface area contributed by atoms with Gasteiger partial charge in [-0.05, 0) is 43.3 Å². The number of benzene rings is 2. The molecular weight excluding hydrogens is 394 g/mol. The molecule has 1 N–H and O–H groups in total. The van der Waals surface area contributed by atoms with Crippen molar-refractivity contribution in [2.75, 3.05) is 13.7 Å². The monoisotopic (exact) mass is 413 g/mol. The fourth-order valence-corrected chi connectivity index (χ4v) is 2.96. The van der Waals surface area contributed by atoms with Gasteiger partial charge in [-0.15, -0.1) is 0 Å². The zero-order valence-corrected chi connectivity index (χ0v) is 16.8. The zero-order valence-electron chi connectivity index (χ0n) is 16.0. The molecule has 1 heterocycles. The summed E-state index contributed by atoms with van der Waals surface area (Å²) in [7, 11) is 1.54. The largest absolute Gasteiger partial charge is 0.497 e. The third-order valence-corrected chi connectivity index (χ3v) is 4.63. The first-order valence-corrected chi connectivity index (χ1v) is 9.24. The van der Waals surface area contributed by atoms with E-state index in [0.717, 1.165) is 5.69 Å². The molecule has 0 spiro atoms. The van der Waals surface area contributed by atoms with Crippen molar-refractivity contribution >= 4 is 23.5 Å². The fourth-order valence-electron chi connectivity index (χ4n) is 2.64. The molecule has 7 nitrogen and oxygen atoms in total. The van der Waals surface area contributed by atoms with Crippen molar-refractivity contribution < 1.29 is 19.1 Å². The summed E-state index contributed by atoms with van der Waals surface area (Å²) in [6.07, 6.45) is 0. The Kier molecular flexibility index (Phi) is 6.51. The Morgan fingerprint density at radius 3 is 2.45 bits per heavy atom. The second kappa shape index (κ2) is 9.25. The Morgan fingerprint density at radius 1 is 1.10 bits per heavy atom. The molecule has 3 rings (SSSR count). The van der Waals surface area contributed by atoms with Crippen LogP contribution in [0.5, 0.6) is 5.75 Å². The van der Waals surface area contributed by atoms with Gasteiger partial charge >= 0.3 is 5.97 Å². The number of hydrogen-bond acceptors (Lipinski definition) is 5. The molecule has 1 aromatic heterocycles. The summed E-state index contributed by atoms with van der Waals surface area (Å²) in [5.74, 6) is -0.310. The zero-order chi connectivity index (χ0) is 20.8. The van der Waals surface area contributed by atoms with Crippen LogP contribution in [-0.4, -0.2) is 35.3 Å². The van der Waals surface area contributed by atoms with Crippen molar-refractivity contribution in [1.82, 2.24) is 15.1 Å². The maximum atomic E-state index is 12.1. The lowest BCUT2D eigenvalue weighted by Crippen LogP contribution is -2.30. The molecule has 3 aromatic rings. The molecule has 29 heavy (non-hydrogen) atoms. The lowest BCUT2D eigenvalue weighted by atomic mass is 10.2. The number of carbonyl (C=O) groups is 2. The van der Waals surface area contributed by atoms with E-state index in [1.54, 1.807) is 43.0 Å². The summed E-state index contributed by atoms with van der Waals surface area (Å²) in [5.41, 5.74) is 2.51. The van der Waals surface area contributed by atoms with Crippen LogP contribution < -0.4 is 10.1 Å². The molecule has 0 aliphatic heterocycles. The normalized spacial score (nSPS) is 10.4. The predicted molar refractivity (Wildman–Crippen MR) is 108 cm³/mol. The van der Waals surface area contributed by atoms with Crippen LogP contribution in [0.15, 0.2) is 54.6 Å². The van der Waals surface area contributed by atoms with Gasteiger partial charge in [0.1, 0.15) is 24.1 Å². The molecule has 2 aromatic carbocycles. The average molecular weight is 414 g/mol. The van der Waals surface area contributed by atoms with E-state index in [9.17, 15) is 9.59 Å². The highest BCUT2D eigenvalue weighted by Crippen LogP contribution is 2.24. The second-order valence-electron chi connectivity index (χ2n) is 6.17. The minimum absolute atomic E-state index is 0.0330. The van der Waals surface area contributed by atoms with Gasteiger partial charge in [-0.1, -0.05) is 29.8 Å². The topological polar surface area (TPSA) is 82.4 Å². The van der Waals surface area contributed by atoms with Gasteiger partial charge in [-0.2, -0.15) is 5.10 Å². The first-order valence-electron chi connectivity index (χ1n) is 8.87. The molecular formula is C21H20ClN3O4. The van der Waals surface area contributed by atoms with Crippen molar-refractivity contribution in [2.24, 2.45) is 0 Å². The lowest BCUT2D eigenvalue weighted by molar-refractivity contribution is -0.143. The number of aromatic nitrogens is 2. The summed E-state index contributed by atoms with van der Waals surface area (Å²) in [6, 6.07) is 16.0. The molecule has 0 unspecified atom stereocenters. The third-order valence-electron chi connectivity index (χ3n) is 4.25. The number of nitrogens with zero attached hydrogens (tertiary/aromatic N) is 2. The Hall–Kier alpha value is -3.32. The van der Waals surface area contributed by atoms with Crippen LogP contribution in [-0.2, 0) is 16.1 Å². The van der Waals surface area contributed by atoms with Crippen molar-refractivity contribution in [1.29, 1.82) is 0 Å². The van der Waals surface area contributed by atoms with Gasteiger partial charge in [0, 0.05) is 11.1 Å².